The van der Waals surface area contributed by atoms with Gasteiger partial charge in [0.25, 0.3) is 15.9 Å². The lowest BCUT2D eigenvalue weighted by Crippen LogP contribution is -2.31. The summed E-state index contributed by atoms with van der Waals surface area (Å²) in [7, 11) is -4.17. The molecule has 0 aliphatic rings. The second-order valence-electron chi connectivity index (χ2n) is 6.85. The number of amides is 2. The van der Waals surface area contributed by atoms with Crippen LogP contribution < -0.4 is 10.0 Å². The SMILES string of the molecule is CCCCCc1cc(C(=O)NS(=O)(=O)c2ccc(NC(=O)CC)cc2)cnc1C(=O)O. The summed E-state index contributed by atoms with van der Waals surface area (Å²) in [5, 5.41) is 11.9. The standard InChI is InChI=1S/C21H25N3O6S/c1-3-5-6-7-14-12-15(13-22-19(14)21(27)28)20(26)24-31(29,30)17-10-8-16(9-11-17)23-18(25)4-2/h8-13H,3-7H2,1-2H3,(H,23,25)(H,24,26)(H,27,28). The highest BCUT2D eigenvalue weighted by Gasteiger charge is 2.21. The van der Waals surface area contributed by atoms with Gasteiger partial charge in [-0.1, -0.05) is 26.7 Å². The lowest BCUT2D eigenvalue weighted by Gasteiger charge is -2.10. The fraction of sp³-hybridized carbons (Fsp3) is 0.333. The maximum absolute atomic E-state index is 12.5. The van der Waals surface area contributed by atoms with E-state index in [0.29, 0.717) is 17.7 Å². The Morgan fingerprint density at radius 1 is 1.06 bits per heavy atom. The number of nitrogens with zero attached hydrogens (tertiary/aromatic N) is 1. The molecule has 0 saturated carbocycles. The topological polar surface area (TPSA) is 143 Å². The Kier molecular flexibility index (Phi) is 8.26. The number of rotatable bonds is 10. The fourth-order valence-electron chi connectivity index (χ4n) is 2.79. The average Bonchev–Trinajstić information content (AvgIpc) is 2.73. The van der Waals surface area contributed by atoms with Gasteiger partial charge >= 0.3 is 5.97 Å². The van der Waals surface area contributed by atoms with E-state index >= 15 is 0 Å². The number of sulfonamides is 1. The molecule has 0 fully saturated rings. The summed E-state index contributed by atoms with van der Waals surface area (Å²) >= 11 is 0. The van der Waals surface area contributed by atoms with E-state index in [4.69, 9.17) is 0 Å². The zero-order chi connectivity index (χ0) is 23.0. The summed E-state index contributed by atoms with van der Waals surface area (Å²) in [6, 6.07) is 6.73. The first-order valence-electron chi connectivity index (χ1n) is 9.87. The molecule has 166 valence electrons. The van der Waals surface area contributed by atoms with Crippen molar-refractivity contribution in [2.24, 2.45) is 0 Å². The minimum atomic E-state index is -4.17. The molecule has 0 bridgehead atoms. The number of pyridine rings is 1. The number of aryl methyl sites for hydroxylation is 1. The first-order valence-corrected chi connectivity index (χ1v) is 11.4. The van der Waals surface area contributed by atoms with Crippen molar-refractivity contribution < 1.29 is 27.9 Å². The Balaban J connectivity index is 2.20. The molecule has 0 atom stereocenters. The summed E-state index contributed by atoms with van der Waals surface area (Å²) in [4.78, 5) is 39.0. The lowest BCUT2D eigenvalue weighted by atomic mass is 10.0. The number of hydrogen-bond acceptors (Lipinski definition) is 6. The minimum absolute atomic E-state index is 0.0492. The van der Waals surface area contributed by atoms with Gasteiger partial charge in [-0.3, -0.25) is 9.59 Å². The second-order valence-corrected chi connectivity index (χ2v) is 8.54. The summed E-state index contributed by atoms with van der Waals surface area (Å²) in [6.45, 7) is 3.70. The van der Waals surface area contributed by atoms with E-state index in [9.17, 15) is 27.9 Å². The van der Waals surface area contributed by atoms with E-state index in [-0.39, 0.29) is 28.5 Å². The molecule has 3 N–H and O–H groups in total. The van der Waals surface area contributed by atoms with Crippen LogP contribution in [0.1, 0.15) is 65.9 Å². The van der Waals surface area contributed by atoms with Crippen LogP contribution in [0.15, 0.2) is 41.4 Å². The first kappa shape index (κ1) is 24.0. The number of carboxylic acids is 1. The molecule has 0 saturated heterocycles. The van der Waals surface area contributed by atoms with E-state index in [1.807, 2.05) is 11.6 Å². The zero-order valence-electron chi connectivity index (χ0n) is 17.3. The summed E-state index contributed by atoms with van der Waals surface area (Å²) in [6.07, 6.45) is 4.30. The van der Waals surface area contributed by atoms with Crippen molar-refractivity contribution in [3.05, 3.63) is 53.3 Å². The molecule has 31 heavy (non-hydrogen) atoms. The lowest BCUT2D eigenvalue weighted by molar-refractivity contribution is -0.115. The monoisotopic (exact) mass is 447 g/mol. The molecule has 2 rings (SSSR count). The predicted molar refractivity (Wildman–Crippen MR) is 114 cm³/mol. The Labute approximate surface area is 180 Å². The molecular formula is C21H25N3O6S. The Bertz CT molecular complexity index is 1070. The number of nitrogens with one attached hydrogen (secondary N) is 2. The highest BCUT2D eigenvalue weighted by Crippen LogP contribution is 2.17. The molecule has 1 aromatic heterocycles. The van der Waals surface area contributed by atoms with Crippen LogP contribution in [0.5, 0.6) is 0 Å². The molecule has 10 heteroatoms. The van der Waals surface area contributed by atoms with Crippen molar-refractivity contribution in [3.8, 4) is 0 Å². The van der Waals surface area contributed by atoms with Crippen LogP contribution in [0.3, 0.4) is 0 Å². The number of carbonyl (C=O) groups excluding carboxylic acids is 2. The summed E-state index contributed by atoms with van der Waals surface area (Å²) in [5.41, 5.74) is 0.608. The Morgan fingerprint density at radius 3 is 2.32 bits per heavy atom. The van der Waals surface area contributed by atoms with Crippen LogP contribution in [0.2, 0.25) is 0 Å². The molecule has 0 radical (unpaired) electrons. The van der Waals surface area contributed by atoms with Crippen LogP contribution in [0.4, 0.5) is 5.69 Å². The smallest absolute Gasteiger partial charge is 0.354 e. The van der Waals surface area contributed by atoms with E-state index in [2.05, 4.69) is 10.3 Å². The highest BCUT2D eigenvalue weighted by molar-refractivity contribution is 7.90. The van der Waals surface area contributed by atoms with Crippen LogP contribution in [0.25, 0.3) is 0 Å². The van der Waals surface area contributed by atoms with Gasteiger partial charge in [0.05, 0.1) is 10.5 Å². The number of carbonyl (C=O) groups is 3. The maximum Gasteiger partial charge on any atom is 0.354 e. The van der Waals surface area contributed by atoms with Crippen molar-refractivity contribution in [1.29, 1.82) is 0 Å². The van der Waals surface area contributed by atoms with Crippen LogP contribution >= 0.6 is 0 Å². The van der Waals surface area contributed by atoms with Gasteiger partial charge in [0.15, 0.2) is 5.69 Å². The molecule has 9 nitrogen and oxygen atoms in total. The van der Waals surface area contributed by atoms with Crippen molar-refractivity contribution in [3.63, 3.8) is 0 Å². The third-order valence-electron chi connectivity index (χ3n) is 4.48. The van der Waals surface area contributed by atoms with Gasteiger partial charge in [-0.05, 0) is 48.7 Å². The molecule has 0 spiro atoms. The largest absolute Gasteiger partial charge is 0.477 e. The van der Waals surface area contributed by atoms with Crippen molar-refractivity contribution in [1.82, 2.24) is 9.71 Å². The van der Waals surface area contributed by atoms with Gasteiger partial charge in [-0.25, -0.2) is 22.9 Å². The van der Waals surface area contributed by atoms with Gasteiger partial charge in [-0.2, -0.15) is 0 Å². The predicted octanol–water partition coefficient (Wildman–Crippen LogP) is 2.98. The summed E-state index contributed by atoms with van der Waals surface area (Å²) in [5.74, 6) is -2.33. The van der Waals surface area contributed by atoms with Crippen LogP contribution in [-0.2, 0) is 21.2 Å². The molecule has 0 aliphatic carbocycles. The van der Waals surface area contributed by atoms with Crippen LogP contribution in [-0.4, -0.2) is 36.3 Å². The Hall–Kier alpha value is -3.27. The molecule has 2 aromatic rings. The molecule has 0 aliphatic heterocycles. The van der Waals surface area contributed by atoms with Crippen molar-refractivity contribution >= 4 is 33.5 Å². The average molecular weight is 448 g/mol. The van der Waals surface area contributed by atoms with Gasteiger partial charge in [0, 0.05) is 18.3 Å². The third kappa shape index (κ3) is 6.61. The number of carboxylic acid groups (broad SMARTS) is 1. The minimum Gasteiger partial charge on any atom is -0.477 e. The molecule has 1 aromatic carbocycles. The first-order chi connectivity index (χ1) is 14.7. The van der Waals surface area contributed by atoms with E-state index in [1.54, 1.807) is 6.92 Å². The van der Waals surface area contributed by atoms with E-state index in [1.165, 1.54) is 30.3 Å². The molecular weight excluding hydrogens is 422 g/mol. The molecule has 2 amide bonds. The molecule has 1 heterocycles. The van der Waals surface area contributed by atoms with Gasteiger partial charge in [-0.15, -0.1) is 0 Å². The van der Waals surface area contributed by atoms with Gasteiger partial charge < -0.3 is 10.4 Å². The number of aromatic nitrogens is 1. The molecule has 0 unspecified atom stereocenters. The quantitative estimate of drug-likeness (QED) is 0.475. The Morgan fingerprint density at radius 2 is 1.74 bits per heavy atom. The summed E-state index contributed by atoms with van der Waals surface area (Å²) < 4.78 is 27.0. The second kappa shape index (κ2) is 10.7. The highest BCUT2D eigenvalue weighted by atomic mass is 32.2. The van der Waals surface area contributed by atoms with Gasteiger partial charge in [0.2, 0.25) is 5.91 Å². The van der Waals surface area contributed by atoms with E-state index in [0.717, 1.165) is 25.5 Å². The number of benzene rings is 1. The van der Waals surface area contributed by atoms with E-state index < -0.39 is 21.9 Å². The zero-order valence-corrected chi connectivity index (χ0v) is 18.2. The number of unbranched alkanes of at least 4 members (excludes halogenated alkanes) is 2. The van der Waals surface area contributed by atoms with Gasteiger partial charge in [0.1, 0.15) is 0 Å². The third-order valence-corrected chi connectivity index (χ3v) is 5.82. The number of hydrogen-bond donors (Lipinski definition) is 3. The fourth-order valence-corrected chi connectivity index (χ4v) is 3.76. The van der Waals surface area contributed by atoms with Crippen molar-refractivity contribution in [2.75, 3.05) is 5.32 Å². The number of anilines is 1. The normalized spacial score (nSPS) is 11.0. The maximum atomic E-state index is 12.5. The number of aromatic carboxylic acids is 1. The van der Waals surface area contributed by atoms with Crippen LogP contribution in [0, 0.1) is 0 Å². The van der Waals surface area contributed by atoms with Crippen molar-refractivity contribution in [2.45, 2.75) is 50.8 Å².